The van der Waals surface area contributed by atoms with Crippen LogP contribution in [0, 0.1) is 0 Å². The minimum atomic E-state index is -2.81. The summed E-state index contributed by atoms with van der Waals surface area (Å²) in [5.41, 5.74) is 0.707. The van der Waals surface area contributed by atoms with Crippen LogP contribution in [0.4, 0.5) is 29.1 Å². The number of amides is 7. The summed E-state index contributed by atoms with van der Waals surface area (Å²) < 4.78 is 62.8. The zero-order valence-corrected chi connectivity index (χ0v) is 74.1. The third-order valence-corrected chi connectivity index (χ3v) is 24.5. The Kier molecular flexibility index (Phi) is 41.8. The molecule has 656 valence electrons. The fourth-order valence-electron chi connectivity index (χ4n) is 17.0. The number of hydroxylamine groups is 2. The van der Waals surface area contributed by atoms with E-state index in [1.807, 2.05) is 91.2 Å². The molecule has 2 aromatic rings. The normalized spacial score (nSPS) is 21.0. The summed E-state index contributed by atoms with van der Waals surface area (Å²) in [6, 6.07) is 17.3. The summed E-state index contributed by atoms with van der Waals surface area (Å²) in [7, 11) is 19.7. The summed E-state index contributed by atoms with van der Waals surface area (Å²) in [6.07, 6.45) is 18.7. The van der Waals surface area contributed by atoms with E-state index < -0.39 is 18.4 Å². The Morgan fingerprint density at radius 3 is 1.07 bits per heavy atom. The first-order chi connectivity index (χ1) is 54.1. The number of rotatable bonds is 19. The largest absolute Gasteiger partial charge is 0.377 e. The Hall–Kier alpha value is -6.02. The van der Waals surface area contributed by atoms with Crippen LogP contribution in [0.5, 0.6) is 0 Å². The number of alkyl halides is 4. The Labute approximate surface area is 688 Å². The number of halogens is 4. The van der Waals surface area contributed by atoms with E-state index in [1.165, 1.54) is 30.2 Å². The summed E-state index contributed by atoms with van der Waals surface area (Å²) in [4.78, 5) is 118. The number of nitrogens with zero attached hydrogens (tertiary/aromatic N) is 15. The van der Waals surface area contributed by atoms with E-state index in [9.17, 15) is 51.1 Å². The number of carbonyl (C=O) groups is 7. The van der Waals surface area contributed by atoms with Crippen LogP contribution in [-0.2, 0) is 47.9 Å². The number of methoxy groups -OCH3 is 2. The smallest absolute Gasteiger partial charge is 0.262 e. The van der Waals surface area contributed by atoms with Crippen LogP contribution < -0.4 is 9.80 Å². The number of anilines is 2. The highest BCUT2D eigenvalue weighted by Gasteiger charge is 2.50. The molecule has 0 unspecified atom stereocenters. The van der Waals surface area contributed by atoms with Crippen molar-refractivity contribution < 1.29 is 65.4 Å². The monoisotopic (exact) mass is 1630 g/mol. The van der Waals surface area contributed by atoms with Crippen molar-refractivity contribution in [2.45, 2.75) is 263 Å². The van der Waals surface area contributed by atoms with Gasteiger partial charge < -0.3 is 68.3 Å². The second kappa shape index (κ2) is 48.3. The van der Waals surface area contributed by atoms with Crippen molar-refractivity contribution >= 4 is 52.9 Å². The molecule has 0 atom stereocenters. The highest BCUT2D eigenvalue weighted by molar-refractivity contribution is 5.92. The molecule has 2 aliphatic carbocycles. The molecule has 29 heteroatoms. The predicted molar refractivity (Wildman–Crippen MR) is 448 cm³/mol. The highest BCUT2D eigenvalue weighted by Crippen LogP contribution is 2.42. The number of para-hydroxylation sites is 1. The van der Waals surface area contributed by atoms with Crippen molar-refractivity contribution in [1.82, 2.24) is 63.9 Å². The van der Waals surface area contributed by atoms with Gasteiger partial charge in [0.1, 0.15) is 5.82 Å². The van der Waals surface area contributed by atoms with E-state index in [0.29, 0.717) is 30.7 Å². The molecule has 7 saturated heterocycles. The van der Waals surface area contributed by atoms with Gasteiger partial charge in [0.25, 0.3) is 11.8 Å². The number of hydrogen-bond donors (Lipinski definition) is 0. The van der Waals surface area contributed by atoms with Crippen LogP contribution >= 0.6 is 0 Å². The van der Waals surface area contributed by atoms with Gasteiger partial charge in [-0.1, -0.05) is 24.3 Å². The van der Waals surface area contributed by atoms with Crippen molar-refractivity contribution in [3.63, 3.8) is 0 Å². The van der Waals surface area contributed by atoms with Crippen molar-refractivity contribution in [3.8, 4) is 0 Å². The number of carbonyl (C=O) groups excluding carboxylic acids is 7. The maximum atomic E-state index is 13.0. The van der Waals surface area contributed by atoms with E-state index in [2.05, 4.69) is 79.4 Å². The van der Waals surface area contributed by atoms with Crippen LogP contribution in [0.15, 0.2) is 54.7 Å². The first-order valence-corrected chi connectivity index (χ1v) is 42.3. The molecule has 11 rings (SSSR count). The molecule has 0 spiro atoms. The first-order valence-electron chi connectivity index (χ1n) is 42.3. The van der Waals surface area contributed by atoms with Crippen LogP contribution in [0.1, 0.15) is 191 Å². The topological polar surface area (TPSA) is 205 Å². The van der Waals surface area contributed by atoms with E-state index in [4.69, 9.17) is 14.3 Å². The number of piperidine rings is 7. The second-order valence-electron chi connectivity index (χ2n) is 34.6. The molecule has 1 aromatic heterocycles. The van der Waals surface area contributed by atoms with Gasteiger partial charge in [0.05, 0.1) is 30.9 Å². The number of benzene rings is 1. The van der Waals surface area contributed by atoms with E-state index in [-0.39, 0.29) is 89.6 Å². The molecule has 8 heterocycles. The van der Waals surface area contributed by atoms with Gasteiger partial charge >= 0.3 is 0 Å². The molecular formula is C86H149F4N15O10. The average molecular weight is 1630 g/mol. The molecule has 0 radical (unpaired) electrons. The number of aromatic nitrogens is 1. The molecule has 0 bridgehead atoms. The molecule has 115 heavy (non-hydrogen) atoms. The van der Waals surface area contributed by atoms with Gasteiger partial charge in [-0.3, -0.25) is 43.3 Å². The molecular weight excluding hydrogens is 1480 g/mol. The van der Waals surface area contributed by atoms with Crippen molar-refractivity contribution in [2.75, 3.05) is 192 Å². The standard InChI is InChI=1S/C14H26N2O2.C14H20N2O.C13H19N3O.C13H26N2O2.C12H20F2N2O.C11H20F2N2O.C9H18N2O2/c1-12(17)16(11-14(18-3)7-4-8-14)13-5-9-15(2)10-6-13;1-12(17)16(13-6-4-3-5-7-13)14-8-10-15(2)11-9-14;1-11(17)16(13-5-3-4-8-14-13)12-6-9-15(2)10-7-12;1-11(16)15(10-13(2,3)17-5)12-6-8-14(4)9-7-12;1-9(17)16(11-7-12(13,14)8-11)10-3-5-15(2)6-4-10;1-9(16)15(8-11(2,12)13)10-4-6-14(3)7-5-10;1-8(12)11(13-3)9-4-6-10(2)7-5-9/h13H,4-11H2,1-3H3;3-7,14H,8-11H2,1-2H3;3-5,8,12H,6-7,9-10H2,1-2H3;12H,6-10H2,1-5H3;10-11H,3-8H2,1-2H3;10H,4-8H2,1-3H3;9H,4-7H2,1-3H3. The van der Waals surface area contributed by atoms with Crippen LogP contribution in [0.2, 0.25) is 0 Å². The lowest BCUT2D eigenvalue weighted by molar-refractivity contribution is -0.190. The average Bonchev–Trinajstić information content (AvgIpc) is 0.798. The molecule has 2 saturated carbocycles. The number of ether oxygens (including phenoxy) is 2. The molecule has 7 amide bonds. The van der Waals surface area contributed by atoms with Gasteiger partial charge in [0.2, 0.25) is 41.4 Å². The fourth-order valence-corrected chi connectivity index (χ4v) is 17.0. The minimum Gasteiger partial charge on any atom is -0.377 e. The Morgan fingerprint density at radius 2 is 0.774 bits per heavy atom. The summed E-state index contributed by atoms with van der Waals surface area (Å²) in [5.74, 6) is -4.32. The fraction of sp³-hybridized carbons (Fsp3) is 0.791. The van der Waals surface area contributed by atoms with Crippen LogP contribution in [0.3, 0.4) is 0 Å². The first kappa shape index (κ1) is 99.5. The molecule has 9 fully saturated rings. The third kappa shape index (κ3) is 34.0. The third-order valence-electron chi connectivity index (χ3n) is 24.5. The van der Waals surface area contributed by atoms with E-state index in [1.54, 1.807) is 67.0 Å². The minimum absolute atomic E-state index is 0.00273. The molecule has 0 N–H and O–H groups in total. The number of pyridine rings is 1. The maximum Gasteiger partial charge on any atom is 0.262 e. The number of hydrogen-bond acceptors (Lipinski definition) is 18. The van der Waals surface area contributed by atoms with Gasteiger partial charge in [-0.05, 0) is 288 Å². The van der Waals surface area contributed by atoms with E-state index >= 15 is 0 Å². The van der Waals surface area contributed by atoms with Gasteiger partial charge in [-0.25, -0.2) is 27.6 Å². The zero-order valence-electron chi connectivity index (χ0n) is 74.1. The van der Waals surface area contributed by atoms with Gasteiger partial charge in [-0.2, -0.15) is 0 Å². The lowest BCUT2D eigenvalue weighted by atomic mass is 9.79. The Bertz CT molecular complexity index is 3090. The quantitative estimate of drug-likeness (QED) is 0.0947. The molecule has 9 aliphatic rings. The molecule has 1 aromatic carbocycles. The lowest BCUT2D eigenvalue weighted by Gasteiger charge is -2.47. The maximum absolute atomic E-state index is 13.0. The molecule has 25 nitrogen and oxygen atoms in total. The number of likely N-dealkylation sites (tertiary alicyclic amines) is 7. The lowest BCUT2D eigenvalue weighted by Crippen LogP contribution is -2.57. The highest BCUT2D eigenvalue weighted by atomic mass is 19.3. The van der Waals surface area contributed by atoms with Crippen molar-refractivity contribution in [2.24, 2.45) is 0 Å². The van der Waals surface area contributed by atoms with E-state index in [0.717, 1.165) is 219 Å². The van der Waals surface area contributed by atoms with Crippen molar-refractivity contribution in [3.05, 3.63) is 54.7 Å². The van der Waals surface area contributed by atoms with Gasteiger partial charge in [0.15, 0.2) is 0 Å². The summed E-state index contributed by atoms with van der Waals surface area (Å²) in [5, 5.41) is 1.49. The summed E-state index contributed by atoms with van der Waals surface area (Å²) in [6.45, 7) is 31.2. The SMILES string of the molecule is CC(=O)N(C1CCN(C)CC1)C1CC(F)(F)C1.CC(=O)N(CC(C)(F)F)C1CCN(C)CC1.CC(=O)N(c1ccccc1)C1CCN(C)CC1.CC(=O)N(c1ccccn1)C1CCN(C)CC1.COC(C)(C)CN(C(C)=O)C1CCN(C)CC1.COC1(CN(C(C)=O)C2CCN(C)CC2)CCC1.CON(C(C)=O)C1CCN(C)CC1. The second-order valence-corrected chi connectivity index (χ2v) is 34.6. The molecule has 7 aliphatic heterocycles. The van der Waals surface area contributed by atoms with Gasteiger partial charge in [-0.15, -0.1) is 0 Å². The van der Waals surface area contributed by atoms with Crippen LogP contribution in [-0.4, -0.2) is 359 Å². The van der Waals surface area contributed by atoms with Crippen molar-refractivity contribution in [1.29, 1.82) is 0 Å². The Balaban J connectivity index is 0.000000240. The van der Waals surface area contributed by atoms with Gasteiger partial charge in [0, 0.05) is 150 Å². The zero-order chi connectivity index (χ0) is 85.5. The van der Waals surface area contributed by atoms with Crippen LogP contribution in [0.25, 0.3) is 0 Å². The predicted octanol–water partition coefficient (Wildman–Crippen LogP) is 10.3. The summed E-state index contributed by atoms with van der Waals surface area (Å²) >= 11 is 0. The Morgan fingerprint density at radius 1 is 0.426 bits per heavy atom.